The van der Waals surface area contributed by atoms with E-state index in [1.165, 1.54) is 16.4 Å². The molecule has 1 N–H and O–H groups in total. The Morgan fingerprint density at radius 1 is 1.07 bits per heavy atom. The Morgan fingerprint density at radius 3 is 2.36 bits per heavy atom. The van der Waals surface area contributed by atoms with Crippen LogP contribution in [0.3, 0.4) is 0 Å². The van der Waals surface area contributed by atoms with Gasteiger partial charge in [0.15, 0.2) is 0 Å². The van der Waals surface area contributed by atoms with Crippen molar-refractivity contribution >= 4 is 31.9 Å². The fraction of sp³-hybridized carbons (Fsp3) is 0.316. The van der Waals surface area contributed by atoms with E-state index in [0.717, 1.165) is 4.47 Å². The highest BCUT2D eigenvalue weighted by Crippen LogP contribution is 2.20. The van der Waals surface area contributed by atoms with Crippen LogP contribution in [-0.4, -0.2) is 58.1 Å². The molecule has 0 saturated carbocycles. The molecule has 3 rings (SSSR count). The van der Waals surface area contributed by atoms with Crippen LogP contribution in [0.25, 0.3) is 0 Å². The number of carbonyl (C=O) groups excluding carboxylic acids is 1. The molecule has 1 fully saturated rings. The van der Waals surface area contributed by atoms with Gasteiger partial charge in [0.05, 0.1) is 24.7 Å². The SMILES string of the molecule is O=C(NCCOc1ccc(S(=O)(=O)N2CCOCC2)cc1)c1ccc(Br)cc1. The van der Waals surface area contributed by atoms with Gasteiger partial charge < -0.3 is 14.8 Å². The Kier molecular flexibility index (Phi) is 7.06. The van der Waals surface area contributed by atoms with Gasteiger partial charge in [-0.05, 0) is 48.5 Å². The molecule has 150 valence electrons. The molecule has 1 aliphatic heterocycles. The summed E-state index contributed by atoms with van der Waals surface area (Å²) in [5.41, 5.74) is 0.570. The van der Waals surface area contributed by atoms with Gasteiger partial charge in [0.2, 0.25) is 10.0 Å². The fourth-order valence-electron chi connectivity index (χ4n) is 2.68. The topological polar surface area (TPSA) is 84.9 Å². The molecule has 0 aliphatic carbocycles. The summed E-state index contributed by atoms with van der Waals surface area (Å²) in [5, 5.41) is 2.77. The van der Waals surface area contributed by atoms with Gasteiger partial charge in [-0.25, -0.2) is 8.42 Å². The average Bonchev–Trinajstić information content (AvgIpc) is 2.72. The number of morpholine rings is 1. The van der Waals surface area contributed by atoms with Crippen molar-refractivity contribution in [2.24, 2.45) is 0 Å². The van der Waals surface area contributed by atoms with E-state index >= 15 is 0 Å². The second kappa shape index (κ2) is 9.51. The zero-order valence-electron chi connectivity index (χ0n) is 15.1. The maximum Gasteiger partial charge on any atom is 0.251 e. The molecule has 9 heteroatoms. The van der Waals surface area contributed by atoms with Crippen molar-refractivity contribution in [2.75, 3.05) is 39.5 Å². The molecule has 0 unspecified atom stereocenters. The number of halogens is 1. The van der Waals surface area contributed by atoms with E-state index in [-0.39, 0.29) is 17.4 Å². The zero-order valence-corrected chi connectivity index (χ0v) is 17.5. The molecule has 0 aromatic heterocycles. The highest BCUT2D eigenvalue weighted by atomic mass is 79.9. The maximum atomic E-state index is 12.6. The second-order valence-corrected chi connectivity index (χ2v) is 8.95. The first-order chi connectivity index (χ1) is 13.5. The lowest BCUT2D eigenvalue weighted by atomic mass is 10.2. The predicted molar refractivity (Wildman–Crippen MR) is 108 cm³/mol. The molecular formula is C19H21BrN2O5S. The summed E-state index contributed by atoms with van der Waals surface area (Å²) in [5.74, 6) is 0.363. The number of benzene rings is 2. The Bertz CT molecular complexity index is 895. The number of sulfonamides is 1. The largest absolute Gasteiger partial charge is 0.492 e. The van der Waals surface area contributed by atoms with E-state index in [4.69, 9.17) is 9.47 Å². The summed E-state index contributed by atoms with van der Waals surface area (Å²) in [6, 6.07) is 13.4. The molecule has 7 nitrogen and oxygen atoms in total. The van der Waals surface area contributed by atoms with Gasteiger partial charge in [0, 0.05) is 23.1 Å². The van der Waals surface area contributed by atoms with E-state index in [9.17, 15) is 13.2 Å². The number of nitrogens with one attached hydrogen (secondary N) is 1. The quantitative estimate of drug-likeness (QED) is 0.630. The number of nitrogens with zero attached hydrogens (tertiary/aromatic N) is 1. The Balaban J connectivity index is 1.48. The van der Waals surface area contributed by atoms with Crippen molar-refractivity contribution < 1.29 is 22.7 Å². The number of ether oxygens (including phenoxy) is 2. The van der Waals surface area contributed by atoms with Gasteiger partial charge in [-0.1, -0.05) is 15.9 Å². The fourth-order valence-corrected chi connectivity index (χ4v) is 4.35. The molecule has 1 heterocycles. The van der Waals surface area contributed by atoms with Gasteiger partial charge in [-0.2, -0.15) is 4.31 Å². The zero-order chi connectivity index (χ0) is 20.0. The minimum Gasteiger partial charge on any atom is -0.492 e. The van der Waals surface area contributed by atoms with Crippen LogP contribution in [0.15, 0.2) is 57.9 Å². The lowest BCUT2D eigenvalue weighted by Crippen LogP contribution is -2.40. The Morgan fingerprint density at radius 2 is 1.71 bits per heavy atom. The van der Waals surface area contributed by atoms with Crippen LogP contribution in [0.2, 0.25) is 0 Å². The molecule has 0 atom stereocenters. The van der Waals surface area contributed by atoms with E-state index in [0.29, 0.717) is 44.2 Å². The normalized spacial score (nSPS) is 15.2. The third-order valence-electron chi connectivity index (χ3n) is 4.19. The molecular weight excluding hydrogens is 448 g/mol. The van der Waals surface area contributed by atoms with Crippen LogP contribution < -0.4 is 10.1 Å². The number of hydrogen-bond acceptors (Lipinski definition) is 5. The summed E-state index contributed by atoms with van der Waals surface area (Å²) in [6.45, 7) is 2.15. The van der Waals surface area contributed by atoms with Crippen molar-refractivity contribution in [1.82, 2.24) is 9.62 Å². The van der Waals surface area contributed by atoms with Crippen LogP contribution in [0.4, 0.5) is 0 Å². The van der Waals surface area contributed by atoms with Crippen molar-refractivity contribution in [3.8, 4) is 5.75 Å². The summed E-state index contributed by atoms with van der Waals surface area (Å²) < 4.78 is 38.2. The first kappa shape index (κ1) is 20.8. The van der Waals surface area contributed by atoms with Crippen LogP contribution in [-0.2, 0) is 14.8 Å². The van der Waals surface area contributed by atoms with Crippen molar-refractivity contribution in [3.05, 3.63) is 58.6 Å². The van der Waals surface area contributed by atoms with Gasteiger partial charge in [0.1, 0.15) is 12.4 Å². The van der Waals surface area contributed by atoms with Crippen LogP contribution in [0.1, 0.15) is 10.4 Å². The molecule has 0 radical (unpaired) electrons. The van der Waals surface area contributed by atoms with Gasteiger partial charge >= 0.3 is 0 Å². The van der Waals surface area contributed by atoms with Crippen molar-refractivity contribution in [3.63, 3.8) is 0 Å². The Hall–Kier alpha value is -1.94. The van der Waals surface area contributed by atoms with E-state index in [1.807, 2.05) is 0 Å². The summed E-state index contributed by atoms with van der Waals surface area (Å²) in [7, 11) is -3.51. The highest BCUT2D eigenvalue weighted by molar-refractivity contribution is 9.10. The molecule has 1 saturated heterocycles. The molecule has 28 heavy (non-hydrogen) atoms. The molecule has 1 aliphatic rings. The van der Waals surface area contributed by atoms with Crippen LogP contribution in [0.5, 0.6) is 5.75 Å². The van der Waals surface area contributed by atoms with Crippen LogP contribution >= 0.6 is 15.9 Å². The molecule has 0 bridgehead atoms. The Labute approximate surface area is 172 Å². The highest BCUT2D eigenvalue weighted by Gasteiger charge is 2.26. The summed E-state index contributed by atoms with van der Waals surface area (Å²) in [4.78, 5) is 12.2. The number of amides is 1. The van der Waals surface area contributed by atoms with Gasteiger partial charge in [0.25, 0.3) is 5.91 Å². The lowest BCUT2D eigenvalue weighted by Gasteiger charge is -2.26. The molecule has 0 spiro atoms. The predicted octanol–water partition coefficient (Wildman–Crippen LogP) is 2.28. The lowest BCUT2D eigenvalue weighted by molar-refractivity contribution is 0.0730. The van der Waals surface area contributed by atoms with Crippen molar-refractivity contribution in [2.45, 2.75) is 4.90 Å². The third kappa shape index (κ3) is 5.32. The summed E-state index contributed by atoms with van der Waals surface area (Å²) >= 11 is 3.33. The number of carbonyl (C=O) groups is 1. The summed E-state index contributed by atoms with van der Waals surface area (Å²) in [6.07, 6.45) is 0. The third-order valence-corrected chi connectivity index (χ3v) is 6.64. The van der Waals surface area contributed by atoms with Gasteiger partial charge in [-0.3, -0.25) is 4.79 Å². The van der Waals surface area contributed by atoms with Crippen LogP contribution in [0, 0.1) is 0 Å². The van der Waals surface area contributed by atoms with E-state index < -0.39 is 10.0 Å². The second-order valence-electron chi connectivity index (χ2n) is 6.10. The maximum absolute atomic E-state index is 12.6. The number of rotatable bonds is 7. The minimum absolute atomic E-state index is 0.178. The van der Waals surface area contributed by atoms with Crippen molar-refractivity contribution in [1.29, 1.82) is 0 Å². The first-order valence-electron chi connectivity index (χ1n) is 8.81. The standard InChI is InChI=1S/C19H21BrN2O5S/c20-16-3-1-15(2-4-16)19(23)21-9-12-27-17-5-7-18(8-6-17)28(24,25)22-10-13-26-14-11-22/h1-8H,9-14H2,(H,21,23). The molecule has 1 amide bonds. The number of hydrogen-bond donors (Lipinski definition) is 1. The van der Waals surface area contributed by atoms with Gasteiger partial charge in [-0.15, -0.1) is 0 Å². The first-order valence-corrected chi connectivity index (χ1v) is 11.0. The monoisotopic (exact) mass is 468 g/mol. The van der Waals surface area contributed by atoms with E-state index in [1.54, 1.807) is 36.4 Å². The van der Waals surface area contributed by atoms with E-state index in [2.05, 4.69) is 21.2 Å². The smallest absolute Gasteiger partial charge is 0.251 e. The average molecular weight is 469 g/mol. The molecule has 2 aromatic carbocycles. The molecule has 2 aromatic rings. The minimum atomic E-state index is -3.51.